The third-order valence-electron chi connectivity index (χ3n) is 4.40. The Kier molecular flexibility index (Phi) is 4.36. The van der Waals surface area contributed by atoms with Crippen molar-refractivity contribution in [1.29, 1.82) is 0 Å². The number of carboxylic acid groups (broad SMARTS) is 1. The highest BCUT2D eigenvalue weighted by molar-refractivity contribution is 7.17. The maximum Gasteiger partial charge on any atom is 0.339 e. The van der Waals surface area contributed by atoms with E-state index in [4.69, 9.17) is 0 Å². The van der Waals surface area contributed by atoms with Crippen molar-refractivity contribution in [1.82, 2.24) is 0 Å². The molecule has 1 aliphatic rings. The van der Waals surface area contributed by atoms with Crippen molar-refractivity contribution in [3.63, 3.8) is 0 Å². The van der Waals surface area contributed by atoms with Gasteiger partial charge in [0.15, 0.2) is 0 Å². The number of carboxylic acids is 1. The molecule has 132 valence electrons. The van der Waals surface area contributed by atoms with Gasteiger partial charge in [0, 0.05) is 10.9 Å². The maximum atomic E-state index is 13.8. The Balaban J connectivity index is 1.96. The minimum atomic E-state index is -1.12. The van der Waals surface area contributed by atoms with Crippen LogP contribution in [0.1, 0.15) is 51.4 Å². The summed E-state index contributed by atoms with van der Waals surface area (Å²) in [5.41, 5.74) is 0.556. The molecule has 0 bridgehead atoms. The first-order chi connectivity index (χ1) is 11.7. The van der Waals surface area contributed by atoms with Gasteiger partial charge in [-0.2, -0.15) is 0 Å². The molecule has 0 radical (unpaired) electrons. The number of aromatic carboxylic acids is 1. The van der Waals surface area contributed by atoms with Gasteiger partial charge in [0.25, 0.3) is 5.91 Å². The van der Waals surface area contributed by atoms with Crippen molar-refractivity contribution in [3.05, 3.63) is 51.4 Å². The summed E-state index contributed by atoms with van der Waals surface area (Å²) in [6, 6.07) is 2.64. The van der Waals surface area contributed by atoms with E-state index in [9.17, 15) is 23.5 Å². The van der Waals surface area contributed by atoms with E-state index >= 15 is 0 Å². The molecule has 7 heteroatoms. The summed E-state index contributed by atoms with van der Waals surface area (Å²) in [4.78, 5) is 24.9. The molecule has 3 rings (SSSR count). The zero-order valence-corrected chi connectivity index (χ0v) is 14.6. The number of carbonyl (C=O) groups is 2. The fourth-order valence-corrected chi connectivity index (χ4v) is 4.56. The van der Waals surface area contributed by atoms with Crippen LogP contribution in [-0.4, -0.2) is 17.0 Å². The first kappa shape index (κ1) is 17.5. The molecule has 0 unspecified atom stereocenters. The SMILES string of the molecule is CC1(C)CCc2c(sc(NC(=O)c3ccc(F)cc3F)c2C(=O)O)C1. The maximum absolute atomic E-state index is 13.8. The first-order valence-corrected chi connectivity index (χ1v) is 8.64. The number of amides is 1. The number of fused-ring (bicyclic) bond motifs is 1. The highest BCUT2D eigenvalue weighted by Crippen LogP contribution is 2.43. The molecular weight excluding hydrogens is 348 g/mol. The van der Waals surface area contributed by atoms with Crippen molar-refractivity contribution in [2.45, 2.75) is 33.1 Å². The molecule has 1 heterocycles. The van der Waals surface area contributed by atoms with Crippen LogP contribution in [0.4, 0.5) is 13.8 Å². The molecule has 1 aliphatic carbocycles. The highest BCUT2D eigenvalue weighted by atomic mass is 32.1. The van der Waals surface area contributed by atoms with E-state index < -0.39 is 23.5 Å². The van der Waals surface area contributed by atoms with E-state index in [0.717, 1.165) is 35.4 Å². The second-order valence-corrected chi connectivity index (χ2v) is 8.04. The summed E-state index contributed by atoms with van der Waals surface area (Å²) >= 11 is 1.22. The number of nitrogens with one attached hydrogen (secondary N) is 1. The Morgan fingerprint density at radius 3 is 2.64 bits per heavy atom. The Bertz CT molecular complexity index is 873. The standard InChI is InChI=1S/C18H17F2NO3S/c1-18(2)6-5-11-13(8-18)25-16(14(11)17(23)24)21-15(22)10-4-3-9(19)7-12(10)20/h3-4,7H,5-6,8H2,1-2H3,(H,21,22)(H,23,24). The monoisotopic (exact) mass is 365 g/mol. The highest BCUT2D eigenvalue weighted by Gasteiger charge is 2.33. The van der Waals surface area contributed by atoms with Crippen molar-refractivity contribution in [3.8, 4) is 0 Å². The fraction of sp³-hybridized carbons (Fsp3) is 0.333. The van der Waals surface area contributed by atoms with Crippen LogP contribution < -0.4 is 5.32 Å². The molecule has 1 amide bonds. The number of hydrogen-bond donors (Lipinski definition) is 2. The minimum absolute atomic E-state index is 0.0674. The van der Waals surface area contributed by atoms with Crippen molar-refractivity contribution < 1.29 is 23.5 Å². The summed E-state index contributed by atoms with van der Waals surface area (Å²) in [5, 5.41) is 12.2. The lowest BCUT2D eigenvalue weighted by Gasteiger charge is -2.29. The zero-order chi connectivity index (χ0) is 18.4. The normalized spacial score (nSPS) is 15.5. The molecule has 0 atom stereocenters. The van der Waals surface area contributed by atoms with E-state index in [1.807, 2.05) is 0 Å². The summed E-state index contributed by atoms with van der Waals surface area (Å²) in [6.45, 7) is 4.23. The second kappa shape index (κ2) is 6.22. The van der Waals surface area contributed by atoms with Gasteiger partial charge < -0.3 is 10.4 Å². The molecule has 25 heavy (non-hydrogen) atoms. The molecule has 0 aliphatic heterocycles. The predicted molar refractivity (Wildman–Crippen MR) is 91.4 cm³/mol. The minimum Gasteiger partial charge on any atom is -0.478 e. The van der Waals surface area contributed by atoms with Crippen molar-refractivity contribution in [2.75, 3.05) is 5.32 Å². The van der Waals surface area contributed by atoms with Gasteiger partial charge in [-0.05, 0) is 42.4 Å². The number of hydrogen-bond acceptors (Lipinski definition) is 3. The Morgan fingerprint density at radius 2 is 2.00 bits per heavy atom. The second-order valence-electron chi connectivity index (χ2n) is 6.93. The van der Waals surface area contributed by atoms with E-state index in [0.29, 0.717) is 12.5 Å². The summed E-state index contributed by atoms with van der Waals surface area (Å²) in [5.74, 6) is -3.68. The lowest BCUT2D eigenvalue weighted by Crippen LogP contribution is -2.22. The van der Waals surface area contributed by atoms with Gasteiger partial charge in [-0.15, -0.1) is 11.3 Å². The fourth-order valence-electron chi connectivity index (χ4n) is 3.06. The van der Waals surface area contributed by atoms with Gasteiger partial charge in [-0.1, -0.05) is 13.8 Å². The molecule has 1 aromatic carbocycles. The van der Waals surface area contributed by atoms with Crippen LogP contribution in [0.5, 0.6) is 0 Å². The third-order valence-corrected chi connectivity index (χ3v) is 5.55. The number of thiophene rings is 1. The molecular formula is C18H17F2NO3S. The molecule has 0 saturated heterocycles. The van der Waals surface area contributed by atoms with Gasteiger partial charge in [-0.3, -0.25) is 4.79 Å². The van der Waals surface area contributed by atoms with Crippen LogP contribution in [0.25, 0.3) is 0 Å². The van der Waals surface area contributed by atoms with Gasteiger partial charge in [0.2, 0.25) is 0 Å². The molecule has 1 aromatic heterocycles. The van der Waals surface area contributed by atoms with Crippen molar-refractivity contribution in [2.24, 2.45) is 5.41 Å². The van der Waals surface area contributed by atoms with E-state index in [1.54, 1.807) is 0 Å². The zero-order valence-electron chi connectivity index (χ0n) is 13.8. The Hall–Kier alpha value is -2.28. The molecule has 0 saturated carbocycles. The summed E-state index contributed by atoms with van der Waals surface area (Å²) in [7, 11) is 0. The average Bonchev–Trinajstić information content (AvgIpc) is 2.82. The largest absolute Gasteiger partial charge is 0.478 e. The molecule has 2 N–H and O–H groups in total. The van der Waals surface area contributed by atoms with Gasteiger partial charge >= 0.3 is 5.97 Å². The number of rotatable bonds is 3. The molecule has 0 spiro atoms. The number of benzene rings is 1. The Morgan fingerprint density at radius 1 is 1.28 bits per heavy atom. The number of halogens is 2. The summed E-state index contributed by atoms with van der Waals surface area (Å²) in [6.07, 6.45) is 2.21. The summed E-state index contributed by atoms with van der Waals surface area (Å²) < 4.78 is 26.8. The molecule has 2 aromatic rings. The quantitative estimate of drug-likeness (QED) is 0.842. The van der Waals surface area contributed by atoms with Crippen LogP contribution in [0.2, 0.25) is 0 Å². The van der Waals surface area contributed by atoms with Gasteiger partial charge in [-0.25, -0.2) is 13.6 Å². The smallest absolute Gasteiger partial charge is 0.339 e. The molecule has 0 fully saturated rings. The van der Waals surface area contributed by atoms with Gasteiger partial charge in [0.1, 0.15) is 16.6 Å². The lowest BCUT2D eigenvalue weighted by molar-refractivity contribution is 0.0696. The van der Waals surface area contributed by atoms with E-state index in [2.05, 4.69) is 19.2 Å². The topological polar surface area (TPSA) is 66.4 Å². The predicted octanol–water partition coefficient (Wildman–Crippen LogP) is 4.49. The lowest BCUT2D eigenvalue weighted by atomic mass is 9.77. The third kappa shape index (κ3) is 3.42. The van der Waals surface area contributed by atoms with Crippen LogP contribution in [0, 0.1) is 17.0 Å². The first-order valence-electron chi connectivity index (χ1n) is 7.82. The van der Waals surface area contributed by atoms with Crippen LogP contribution in [-0.2, 0) is 12.8 Å². The number of carbonyl (C=O) groups excluding carboxylic acids is 1. The van der Waals surface area contributed by atoms with Crippen LogP contribution >= 0.6 is 11.3 Å². The van der Waals surface area contributed by atoms with Crippen molar-refractivity contribution >= 4 is 28.2 Å². The van der Waals surface area contributed by atoms with Crippen LogP contribution in [0.15, 0.2) is 18.2 Å². The van der Waals surface area contributed by atoms with Gasteiger partial charge in [0.05, 0.1) is 11.1 Å². The van der Waals surface area contributed by atoms with E-state index in [1.165, 1.54) is 11.3 Å². The van der Waals surface area contributed by atoms with E-state index in [-0.39, 0.29) is 21.5 Å². The number of anilines is 1. The van der Waals surface area contributed by atoms with Crippen LogP contribution in [0.3, 0.4) is 0 Å². The molecule has 4 nitrogen and oxygen atoms in total. The Labute approximate surface area is 147 Å². The average molecular weight is 365 g/mol.